The van der Waals surface area contributed by atoms with Gasteiger partial charge >= 0.3 is 0 Å². The summed E-state index contributed by atoms with van der Waals surface area (Å²) in [6.45, 7) is -0.473. The van der Waals surface area contributed by atoms with Crippen molar-refractivity contribution in [1.29, 1.82) is 0 Å². The van der Waals surface area contributed by atoms with E-state index in [4.69, 9.17) is 5.11 Å². The van der Waals surface area contributed by atoms with E-state index in [9.17, 15) is 14.3 Å². The number of nitrogens with one attached hydrogen (secondary N) is 2. The number of pyridine rings is 1. The topological polar surface area (TPSA) is 111 Å². The largest absolute Gasteiger partial charge is 0.394 e. The number of nitrogens with zero attached hydrogens (tertiary/aromatic N) is 2. The molecule has 4 N–H and O–H groups in total. The first-order chi connectivity index (χ1) is 14.0. The average Bonchev–Trinajstić information content (AvgIpc) is 3.39. The van der Waals surface area contributed by atoms with E-state index in [2.05, 4.69) is 20.3 Å². The second-order valence-electron chi connectivity index (χ2n) is 6.44. The Hall–Kier alpha value is -3.14. The maximum absolute atomic E-state index is 13.1. The molecule has 3 aromatic heterocycles. The molecule has 0 fully saturated rings. The minimum absolute atomic E-state index is 0.0483. The number of carbonyl (C=O) groups is 1. The van der Waals surface area contributed by atoms with Crippen LogP contribution in [0.1, 0.15) is 9.80 Å². The molecule has 1 amide bonds. The van der Waals surface area contributed by atoms with Crippen molar-refractivity contribution >= 4 is 28.3 Å². The lowest BCUT2D eigenvalue weighted by Crippen LogP contribution is -2.33. The second kappa shape index (κ2) is 8.08. The maximum Gasteiger partial charge on any atom is 0.280 e. The van der Waals surface area contributed by atoms with Gasteiger partial charge in [-0.2, -0.15) is 0 Å². The van der Waals surface area contributed by atoms with Crippen LogP contribution in [0.15, 0.2) is 48.0 Å². The van der Waals surface area contributed by atoms with Crippen LogP contribution in [0.5, 0.6) is 0 Å². The van der Waals surface area contributed by atoms with Crippen molar-refractivity contribution in [3.8, 4) is 22.5 Å². The van der Waals surface area contributed by atoms with Gasteiger partial charge in [0.25, 0.3) is 5.91 Å². The summed E-state index contributed by atoms with van der Waals surface area (Å²) in [5.41, 5.74) is 3.74. The molecule has 0 saturated heterocycles. The van der Waals surface area contributed by atoms with Crippen molar-refractivity contribution in [3.05, 3.63) is 58.8 Å². The highest BCUT2D eigenvalue weighted by Gasteiger charge is 2.14. The lowest BCUT2D eigenvalue weighted by Gasteiger charge is -2.07. The number of H-pyrrole nitrogens is 1. The number of halogens is 1. The number of aromatic amines is 1. The van der Waals surface area contributed by atoms with Crippen LogP contribution in [0, 0.1) is 5.82 Å². The minimum atomic E-state index is -1.01. The number of thiazole rings is 1. The Morgan fingerprint density at radius 1 is 1.24 bits per heavy atom. The molecule has 1 aromatic carbocycles. The molecular formula is C20H17FN4O3S. The SMILES string of the molecule is O=C(NC[C@H](O)CO)c1nc(-c2cnc3[nH]c(-c4ccc(F)cc4)cc3c2)cs1. The monoisotopic (exact) mass is 412 g/mol. The summed E-state index contributed by atoms with van der Waals surface area (Å²) in [5.74, 6) is -0.706. The Balaban J connectivity index is 1.56. The Morgan fingerprint density at radius 3 is 2.79 bits per heavy atom. The van der Waals surface area contributed by atoms with Crippen molar-refractivity contribution in [2.45, 2.75) is 6.10 Å². The average molecular weight is 412 g/mol. The highest BCUT2D eigenvalue weighted by atomic mass is 32.1. The molecule has 1 atom stereocenters. The molecule has 4 aromatic rings. The molecule has 0 unspecified atom stereocenters. The van der Waals surface area contributed by atoms with Crippen molar-refractivity contribution < 1.29 is 19.4 Å². The number of aliphatic hydroxyl groups excluding tert-OH is 2. The zero-order chi connectivity index (χ0) is 20.4. The zero-order valence-electron chi connectivity index (χ0n) is 15.1. The molecule has 3 heterocycles. The predicted molar refractivity (Wildman–Crippen MR) is 108 cm³/mol. The third-order valence-corrected chi connectivity index (χ3v) is 5.17. The fourth-order valence-electron chi connectivity index (χ4n) is 2.80. The number of aromatic nitrogens is 3. The summed E-state index contributed by atoms with van der Waals surface area (Å²) >= 11 is 1.18. The first-order valence-corrected chi connectivity index (χ1v) is 9.69. The van der Waals surface area contributed by atoms with Crippen LogP contribution in [0.4, 0.5) is 4.39 Å². The van der Waals surface area contributed by atoms with Gasteiger partial charge in [-0.05, 0) is 42.0 Å². The van der Waals surface area contributed by atoms with Gasteiger partial charge in [0.1, 0.15) is 11.5 Å². The first-order valence-electron chi connectivity index (χ1n) is 8.81. The summed E-state index contributed by atoms with van der Waals surface area (Å²) in [7, 11) is 0. The second-order valence-corrected chi connectivity index (χ2v) is 7.29. The van der Waals surface area contributed by atoms with Gasteiger partial charge in [0.2, 0.25) is 0 Å². The van der Waals surface area contributed by atoms with Crippen molar-refractivity contribution in [2.75, 3.05) is 13.2 Å². The van der Waals surface area contributed by atoms with E-state index < -0.39 is 18.6 Å². The quantitative estimate of drug-likeness (QED) is 0.389. The molecule has 0 aliphatic heterocycles. The molecule has 0 saturated carbocycles. The summed E-state index contributed by atoms with van der Waals surface area (Å²) < 4.78 is 13.1. The van der Waals surface area contributed by atoms with Gasteiger partial charge in [0.15, 0.2) is 5.01 Å². The number of hydrogen-bond acceptors (Lipinski definition) is 6. The van der Waals surface area contributed by atoms with Crippen LogP contribution in [0.3, 0.4) is 0 Å². The number of fused-ring (bicyclic) bond motifs is 1. The van der Waals surface area contributed by atoms with Crippen molar-refractivity contribution in [1.82, 2.24) is 20.3 Å². The fraction of sp³-hybridized carbons (Fsp3) is 0.150. The molecule has 0 aliphatic rings. The van der Waals surface area contributed by atoms with Gasteiger partial charge in [0, 0.05) is 34.8 Å². The summed E-state index contributed by atoms with van der Waals surface area (Å²) in [5, 5.41) is 23.5. The van der Waals surface area contributed by atoms with Gasteiger partial charge < -0.3 is 20.5 Å². The van der Waals surface area contributed by atoms with Crippen LogP contribution >= 0.6 is 11.3 Å². The number of hydrogen-bond donors (Lipinski definition) is 4. The normalized spacial score (nSPS) is 12.2. The molecule has 9 heteroatoms. The number of aliphatic hydroxyl groups is 2. The van der Waals surface area contributed by atoms with E-state index in [-0.39, 0.29) is 17.4 Å². The number of rotatable bonds is 6. The maximum atomic E-state index is 13.1. The van der Waals surface area contributed by atoms with E-state index in [1.54, 1.807) is 23.7 Å². The molecule has 0 bridgehead atoms. The molecule has 7 nitrogen and oxygen atoms in total. The first kappa shape index (κ1) is 19.2. The number of carbonyl (C=O) groups excluding carboxylic acids is 1. The van der Waals surface area contributed by atoms with Gasteiger partial charge in [-0.1, -0.05) is 0 Å². The lowest BCUT2D eigenvalue weighted by molar-refractivity contribution is 0.0802. The highest BCUT2D eigenvalue weighted by molar-refractivity contribution is 7.12. The van der Waals surface area contributed by atoms with Gasteiger partial charge in [-0.15, -0.1) is 11.3 Å². The van der Waals surface area contributed by atoms with E-state index >= 15 is 0 Å². The summed E-state index contributed by atoms with van der Waals surface area (Å²) in [6.07, 6.45) is 0.661. The molecule has 0 radical (unpaired) electrons. The van der Waals surface area contributed by atoms with Crippen LogP contribution < -0.4 is 5.32 Å². The van der Waals surface area contributed by atoms with Crippen LogP contribution in [0.2, 0.25) is 0 Å². The minimum Gasteiger partial charge on any atom is -0.394 e. The Bertz CT molecular complexity index is 1160. The van der Waals surface area contributed by atoms with Crippen LogP contribution in [-0.2, 0) is 0 Å². The Morgan fingerprint density at radius 2 is 2.03 bits per heavy atom. The Labute approximate surface area is 168 Å². The zero-order valence-corrected chi connectivity index (χ0v) is 15.9. The summed E-state index contributed by atoms with van der Waals surface area (Å²) in [6, 6.07) is 10.0. The lowest BCUT2D eigenvalue weighted by atomic mass is 10.1. The molecule has 0 aliphatic carbocycles. The Kier molecular flexibility index (Phi) is 5.34. The molecule has 4 rings (SSSR count). The summed E-state index contributed by atoms with van der Waals surface area (Å²) in [4.78, 5) is 24.1. The third kappa shape index (κ3) is 4.16. The molecular weight excluding hydrogens is 395 g/mol. The van der Waals surface area contributed by atoms with Gasteiger partial charge in [-0.25, -0.2) is 14.4 Å². The highest BCUT2D eigenvalue weighted by Crippen LogP contribution is 2.28. The van der Waals surface area contributed by atoms with Crippen LogP contribution in [0.25, 0.3) is 33.5 Å². The van der Waals surface area contributed by atoms with E-state index in [1.807, 2.05) is 12.1 Å². The van der Waals surface area contributed by atoms with E-state index in [0.29, 0.717) is 11.3 Å². The standard InChI is InChI=1S/C20H17FN4O3S/c21-14-3-1-11(2-4-14)16-6-12-5-13(7-22-18(12)24-16)17-10-29-20(25-17)19(28)23-8-15(27)9-26/h1-7,10,15,26-27H,8-9H2,(H,22,24)(H,23,28)/t15-/m0/s1. The van der Waals surface area contributed by atoms with Gasteiger partial charge in [-0.3, -0.25) is 4.79 Å². The van der Waals surface area contributed by atoms with Crippen molar-refractivity contribution in [3.63, 3.8) is 0 Å². The predicted octanol–water partition coefficient (Wildman–Crippen LogP) is 2.58. The number of benzene rings is 1. The van der Waals surface area contributed by atoms with Crippen LogP contribution in [-0.4, -0.2) is 50.3 Å². The molecule has 0 spiro atoms. The van der Waals surface area contributed by atoms with E-state index in [1.165, 1.54) is 23.5 Å². The fourth-order valence-corrected chi connectivity index (χ4v) is 3.54. The van der Waals surface area contributed by atoms with Crippen molar-refractivity contribution in [2.24, 2.45) is 0 Å². The van der Waals surface area contributed by atoms with E-state index in [0.717, 1.165) is 22.2 Å². The molecule has 29 heavy (non-hydrogen) atoms. The smallest absolute Gasteiger partial charge is 0.280 e. The van der Waals surface area contributed by atoms with Gasteiger partial charge in [0.05, 0.1) is 18.4 Å². The molecule has 148 valence electrons. The number of amides is 1. The third-order valence-electron chi connectivity index (χ3n) is 4.33.